The molecule has 0 rings (SSSR count). The van der Waals surface area contributed by atoms with Crippen LogP contribution >= 0.6 is 0 Å². The van der Waals surface area contributed by atoms with Crippen molar-refractivity contribution < 1.29 is 0 Å². The molecule has 0 aliphatic heterocycles. The van der Waals surface area contributed by atoms with E-state index >= 15 is 0 Å². The Morgan fingerprint density at radius 1 is 0.467 bits per heavy atom. The summed E-state index contributed by atoms with van der Waals surface area (Å²) in [5.41, 5.74) is 0. The van der Waals surface area contributed by atoms with Crippen molar-refractivity contribution in [3.63, 3.8) is 0 Å². The number of unbranched alkanes of at least 4 members (excludes halogenated alkanes) is 16. The first-order valence-corrected chi connectivity index (χ1v) is 14.4. The third-order valence-corrected chi connectivity index (χ3v) is 7.21. The Labute approximate surface area is 193 Å². The molecule has 0 spiro atoms. The maximum absolute atomic E-state index is 2.51. The lowest BCUT2D eigenvalue weighted by atomic mass is 9.83. The maximum Gasteiger partial charge on any atom is -0.0351 e. The van der Waals surface area contributed by atoms with Crippen LogP contribution in [0.25, 0.3) is 0 Å². The van der Waals surface area contributed by atoms with Crippen molar-refractivity contribution >= 4 is 0 Å². The highest BCUT2D eigenvalue weighted by molar-refractivity contribution is 4.81. The number of hydrogen-bond donors (Lipinski definition) is 0. The van der Waals surface area contributed by atoms with Gasteiger partial charge in [-0.1, -0.05) is 155 Å². The summed E-state index contributed by atoms with van der Waals surface area (Å²) in [5, 5.41) is 0. The summed E-state index contributed by atoms with van der Waals surface area (Å²) in [7, 11) is 0. The Bertz CT molecular complexity index is 329. The first kappa shape index (κ1) is 29.7. The quantitative estimate of drug-likeness (QED) is 0.107. The summed E-state index contributed by atoms with van der Waals surface area (Å²) in [6.07, 6.45) is 36.3. The average Bonchev–Trinajstić information content (AvgIpc) is 2.76. The van der Waals surface area contributed by atoms with Gasteiger partial charge < -0.3 is 0 Å². The Balaban J connectivity index is 3.59. The smallest absolute Gasteiger partial charge is 0.0351 e. The molecule has 0 heterocycles. The molecule has 2 unspecified atom stereocenters. The minimum Gasteiger partial charge on any atom is -0.0885 e. The molecule has 0 aliphatic carbocycles. The van der Waals surface area contributed by atoms with E-state index in [4.69, 9.17) is 0 Å². The van der Waals surface area contributed by atoms with E-state index in [2.05, 4.69) is 39.8 Å². The SMILES string of the molecule is CCCCC/C=C/CCCCCCCCC(CCCCCCCCCC)C(C)CC. The monoisotopic (exact) mass is 420 g/mol. The second-order valence-electron chi connectivity index (χ2n) is 10.1. The topological polar surface area (TPSA) is 0 Å². The highest BCUT2D eigenvalue weighted by Gasteiger charge is 2.15. The van der Waals surface area contributed by atoms with Crippen LogP contribution in [-0.2, 0) is 0 Å². The Hall–Kier alpha value is -0.260. The fourth-order valence-electron chi connectivity index (χ4n) is 4.71. The summed E-state index contributed by atoms with van der Waals surface area (Å²) >= 11 is 0. The molecule has 0 radical (unpaired) electrons. The highest BCUT2D eigenvalue weighted by Crippen LogP contribution is 2.27. The van der Waals surface area contributed by atoms with Crippen LogP contribution in [0.5, 0.6) is 0 Å². The van der Waals surface area contributed by atoms with Crippen LogP contribution in [0.1, 0.15) is 169 Å². The molecule has 0 heteroatoms. The zero-order valence-electron chi connectivity index (χ0n) is 21.9. The lowest BCUT2D eigenvalue weighted by Crippen LogP contribution is -2.11. The van der Waals surface area contributed by atoms with Crippen LogP contribution in [0.3, 0.4) is 0 Å². The Morgan fingerprint density at radius 2 is 0.833 bits per heavy atom. The van der Waals surface area contributed by atoms with Crippen LogP contribution in [0.2, 0.25) is 0 Å². The van der Waals surface area contributed by atoms with Gasteiger partial charge in [0.05, 0.1) is 0 Å². The van der Waals surface area contributed by atoms with Gasteiger partial charge in [0.25, 0.3) is 0 Å². The fraction of sp³-hybridized carbons (Fsp3) is 0.933. The third-order valence-electron chi connectivity index (χ3n) is 7.21. The first-order valence-electron chi connectivity index (χ1n) is 14.4. The van der Waals surface area contributed by atoms with Crippen molar-refractivity contribution in [3.8, 4) is 0 Å². The van der Waals surface area contributed by atoms with Gasteiger partial charge in [0, 0.05) is 0 Å². The molecule has 0 aromatic carbocycles. The molecule has 0 nitrogen and oxygen atoms in total. The van der Waals surface area contributed by atoms with Gasteiger partial charge in [-0.15, -0.1) is 0 Å². The Kier molecular flexibility index (Phi) is 24.8. The molecular formula is C30H60. The maximum atomic E-state index is 2.51. The normalized spacial score (nSPS) is 13.9. The standard InChI is InChI=1S/C30H60/c1-5-8-10-12-14-16-17-18-19-20-22-24-26-28-30(29(4)7-3)27-25-23-21-15-13-11-9-6-2/h14,16,29-30H,5-13,15,17-28H2,1-4H3/b16-14+. The molecule has 0 saturated heterocycles. The van der Waals surface area contributed by atoms with Gasteiger partial charge in [0.15, 0.2) is 0 Å². The predicted octanol–water partition coefficient (Wildman–Crippen LogP) is 11.4. The van der Waals surface area contributed by atoms with E-state index in [0.717, 1.165) is 11.8 Å². The molecular weight excluding hydrogens is 360 g/mol. The van der Waals surface area contributed by atoms with Crippen molar-refractivity contribution in [1.82, 2.24) is 0 Å². The van der Waals surface area contributed by atoms with Crippen LogP contribution < -0.4 is 0 Å². The van der Waals surface area contributed by atoms with Crippen LogP contribution in [0, 0.1) is 11.8 Å². The lowest BCUT2D eigenvalue weighted by molar-refractivity contribution is 0.288. The summed E-state index contributed by atoms with van der Waals surface area (Å²) in [5.74, 6) is 1.92. The second-order valence-corrected chi connectivity index (χ2v) is 10.1. The number of hydrogen-bond acceptors (Lipinski definition) is 0. The third kappa shape index (κ3) is 21.0. The van der Waals surface area contributed by atoms with Crippen LogP contribution in [-0.4, -0.2) is 0 Å². The van der Waals surface area contributed by atoms with Crippen LogP contribution in [0.4, 0.5) is 0 Å². The van der Waals surface area contributed by atoms with Gasteiger partial charge in [-0.25, -0.2) is 0 Å². The zero-order chi connectivity index (χ0) is 22.1. The largest absolute Gasteiger partial charge is 0.0885 e. The van der Waals surface area contributed by atoms with Crippen molar-refractivity contribution in [2.24, 2.45) is 11.8 Å². The predicted molar refractivity (Wildman–Crippen MR) is 140 cm³/mol. The van der Waals surface area contributed by atoms with Crippen molar-refractivity contribution in [1.29, 1.82) is 0 Å². The molecule has 0 N–H and O–H groups in total. The Morgan fingerprint density at radius 3 is 1.30 bits per heavy atom. The van der Waals surface area contributed by atoms with Gasteiger partial charge in [-0.2, -0.15) is 0 Å². The molecule has 2 atom stereocenters. The number of allylic oxidation sites excluding steroid dienone is 2. The summed E-state index contributed by atoms with van der Waals surface area (Å²) in [6, 6.07) is 0. The molecule has 0 aromatic heterocycles. The molecule has 0 amide bonds. The highest BCUT2D eigenvalue weighted by atomic mass is 14.2. The second kappa shape index (κ2) is 25.0. The lowest BCUT2D eigenvalue weighted by Gasteiger charge is -2.23. The summed E-state index contributed by atoms with van der Waals surface area (Å²) < 4.78 is 0. The summed E-state index contributed by atoms with van der Waals surface area (Å²) in [6.45, 7) is 9.49. The van der Waals surface area contributed by atoms with E-state index in [9.17, 15) is 0 Å². The minimum atomic E-state index is 0.929. The van der Waals surface area contributed by atoms with Gasteiger partial charge >= 0.3 is 0 Å². The van der Waals surface area contributed by atoms with Crippen molar-refractivity contribution in [2.45, 2.75) is 169 Å². The van der Waals surface area contributed by atoms with E-state index in [-0.39, 0.29) is 0 Å². The number of rotatable bonds is 24. The average molecular weight is 421 g/mol. The van der Waals surface area contributed by atoms with Gasteiger partial charge in [-0.05, 0) is 37.5 Å². The molecule has 0 aromatic rings. The minimum absolute atomic E-state index is 0.929. The summed E-state index contributed by atoms with van der Waals surface area (Å²) in [4.78, 5) is 0. The van der Waals surface area contributed by atoms with Crippen molar-refractivity contribution in [3.05, 3.63) is 12.2 Å². The van der Waals surface area contributed by atoms with E-state index in [0.29, 0.717) is 0 Å². The van der Waals surface area contributed by atoms with Crippen molar-refractivity contribution in [2.75, 3.05) is 0 Å². The van der Waals surface area contributed by atoms with Gasteiger partial charge in [-0.3, -0.25) is 0 Å². The van der Waals surface area contributed by atoms with E-state index in [1.165, 1.54) is 141 Å². The van der Waals surface area contributed by atoms with Gasteiger partial charge in [0.1, 0.15) is 0 Å². The van der Waals surface area contributed by atoms with E-state index < -0.39 is 0 Å². The fourth-order valence-corrected chi connectivity index (χ4v) is 4.71. The molecule has 0 aliphatic rings. The van der Waals surface area contributed by atoms with E-state index in [1.54, 1.807) is 0 Å². The molecule has 0 saturated carbocycles. The molecule has 180 valence electrons. The van der Waals surface area contributed by atoms with Gasteiger partial charge in [0.2, 0.25) is 0 Å². The van der Waals surface area contributed by atoms with E-state index in [1.807, 2.05) is 0 Å². The first-order chi connectivity index (χ1) is 14.8. The molecule has 0 bridgehead atoms. The van der Waals surface area contributed by atoms with Crippen LogP contribution in [0.15, 0.2) is 12.2 Å². The molecule has 0 fully saturated rings. The zero-order valence-corrected chi connectivity index (χ0v) is 21.9. The molecule has 30 heavy (non-hydrogen) atoms.